The van der Waals surface area contributed by atoms with Crippen LogP contribution in [0.25, 0.3) is 5.69 Å². The van der Waals surface area contributed by atoms with Crippen molar-refractivity contribution in [2.75, 3.05) is 13.7 Å². The van der Waals surface area contributed by atoms with E-state index in [1.807, 2.05) is 56.4 Å². The van der Waals surface area contributed by atoms with Crippen LogP contribution in [0.2, 0.25) is 0 Å². The number of likely N-dealkylation sites (N-methyl/N-ethyl adjacent to an activating group) is 1. The van der Waals surface area contributed by atoms with Crippen molar-refractivity contribution in [3.05, 3.63) is 83.2 Å². The standard InChI is InChI=1S/C22H23N3O3/c1-16-9-17(2)11-19(10-16)22(27)28-15-21(26)24(3)13-18-12-23-25(14-18)20-7-5-4-6-8-20/h4-12,14H,13,15H2,1-3H3. The van der Waals surface area contributed by atoms with E-state index < -0.39 is 5.97 Å². The summed E-state index contributed by atoms with van der Waals surface area (Å²) in [6.07, 6.45) is 3.60. The van der Waals surface area contributed by atoms with Crippen molar-refractivity contribution in [2.24, 2.45) is 0 Å². The van der Waals surface area contributed by atoms with E-state index in [1.165, 1.54) is 4.90 Å². The second-order valence-electron chi connectivity index (χ2n) is 6.83. The lowest BCUT2D eigenvalue weighted by Gasteiger charge is -2.16. The number of para-hydroxylation sites is 1. The number of nitrogens with zero attached hydrogens (tertiary/aromatic N) is 3. The Morgan fingerprint density at radius 2 is 1.75 bits per heavy atom. The molecule has 0 aliphatic rings. The van der Waals surface area contributed by atoms with Crippen molar-refractivity contribution in [3.8, 4) is 5.69 Å². The van der Waals surface area contributed by atoms with E-state index >= 15 is 0 Å². The SMILES string of the molecule is Cc1cc(C)cc(C(=O)OCC(=O)N(C)Cc2cnn(-c3ccccc3)c2)c1. The number of ether oxygens (including phenoxy) is 1. The first-order valence-electron chi connectivity index (χ1n) is 9.01. The van der Waals surface area contributed by atoms with E-state index in [-0.39, 0.29) is 12.5 Å². The normalized spacial score (nSPS) is 10.5. The van der Waals surface area contributed by atoms with E-state index in [0.717, 1.165) is 22.4 Å². The third-order valence-corrected chi connectivity index (χ3v) is 4.29. The van der Waals surface area contributed by atoms with Crippen LogP contribution < -0.4 is 0 Å². The molecule has 0 aliphatic heterocycles. The number of hydrogen-bond donors (Lipinski definition) is 0. The van der Waals surface area contributed by atoms with Crippen molar-refractivity contribution in [1.29, 1.82) is 0 Å². The van der Waals surface area contributed by atoms with Crippen LogP contribution in [0.1, 0.15) is 27.0 Å². The number of esters is 1. The molecule has 0 aliphatic carbocycles. The zero-order valence-corrected chi connectivity index (χ0v) is 16.3. The van der Waals surface area contributed by atoms with Crippen molar-refractivity contribution in [1.82, 2.24) is 14.7 Å². The molecule has 3 aromatic rings. The number of carbonyl (C=O) groups excluding carboxylic acids is 2. The number of benzene rings is 2. The molecule has 1 amide bonds. The summed E-state index contributed by atoms with van der Waals surface area (Å²) < 4.78 is 6.94. The lowest BCUT2D eigenvalue weighted by atomic mass is 10.1. The maximum atomic E-state index is 12.3. The Bertz CT molecular complexity index is 959. The minimum absolute atomic E-state index is 0.273. The van der Waals surface area contributed by atoms with Gasteiger partial charge in [-0.3, -0.25) is 4.79 Å². The Hall–Kier alpha value is -3.41. The summed E-state index contributed by atoms with van der Waals surface area (Å²) in [4.78, 5) is 26.0. The van der Waals surface area contributed by atoms with Crippen LogP contribution in [0, 0.1) is 13.8 Å². The van der Waals surface area contributed by atoms with Crippen LogP contribution >= 0.6 is 0 Å². The smallest absolute Gasteiger partial charge is 0.338 e. The van der Waals surface area contributed by atoms with Gasteiger partial charge in [0.2, 0.25) is 0 Å². The van der Waals surface area contributed by atoms with Crippen molar-refractivity contribution in [2.45, 2.75) is 20.4 Å². The van der Waals surface area contributed by atoms with Crippen LogP contribution in [0.3, 0.4) is 0 Å². The average molecular weight is 377 g/mol. The molecule has 0 spiro atoms. The summed E-state index contributed by atoms with van der Waals surface area (Å²) in [7, 11) is 1.67. The topological polar surface area (TPSA) is 64.4 Å². The monoisotopic (exact) mass is 377 g/mol. The molecular weight excluding hydrogens is 354 g/mol. The van der Waals surface area contributed by atoms with Crippen molar-refractivity contribution in [3.63, 3.8) is 0 Å². The predicted octanol–water partition coefficient (Wildman–Crippen LogP) is 3.30. The molecule has 2 aromatic carbocycles. The molecule has 6 heteroatoms. The van der Waals surface area contributed by atoms with Gasteiger partial charge in [0.05, 0.1) is 17.4 Å². The van der Waals surface area contributed by atoms with Gasteiger partial charge in [-0.25, -0.2) is 9.48 Å². The van der Waals surface area contributed by atoms with Crippen LogP contribution in [0.4, 0.5) is 0 Å². The van der Waals surface area contributed by atoms with E-state index in [4.69, 9.17) is 4.74 Å². The lowest BCUT2D eigenvalue weighted by molar-refractivity contribution is -0.133. The molecule has 3 rings (SSSR count). The third kappa shape index (κ3) is 4.85. The Kier molecular flexibility index (Phi) is 5.89. The molecule has 0 saturated carbocycles. The molecule has 144 valence electrons. The molecule has 0 saturated heterocycles. The summed E-state index contributed by atoms with van der Waals surface area (Å²) in [5, 5.41) is 4.32. The predicted molar refractivity (Wildman–Crippen MR) is 106 cm³/mol. The maximum absolute atomic E-state index is 12.3. The highest BCUT2D eigenvalue weighted by molar-refractivity contribution is 5.91. The highest BCUT2D eigenvalue weighted by Gasteiger charge is 2.15. The van der Waals surface area contributed by atoms with Crippen molar-refractivity contribution < 1.29 is 14.3 Å². The molecule has 0 radical (unpaired) electrons. The summed E-state index contributed by atoms with van der Waals surface area (Å²) in [6.45, 7) is 3.92. The Labute approximate surface area is 164 Å². The number of amides is 1. The number of aromatic nitrogens is 2. The average Bonchev–Trinajstić information content (AvgIpc) is 3.14. The zero-order valence-electron chi connectivity index (χ0n) is 16.3. The fourth-order valence-electron chi connectivity index (χ4n) is 2.94. The van der Waals surface area contributed by atoms with Gasteiger partial charge in [0.25, 0.3) is 5.91 Å². The number of carbonyl (C=O) groups is 2. The quantitative estimate of drug-likeness (QED) is 0.618. The highest BCUT2D eigenvalue weighted by Crippen LogP contribution is 2.11. The van der Waals surface area contributed by atoms with Gasteiger partial charge in [0.1, 0.15) is 0 Å². The third-order valence-electron chi connectivity index (χ3n) is 4.29. The highest BCUT2D eigenvalue weighted by atomic mass is 16.5. The number of rotatable bonds is 6. The second-order valence-corrected chi connectivity index (χ2v) is 6.83. The number of aryl methyl sites for hydroxylation is 2. The Balaban J connectivity index is 1.55. The summed E-state index contributed by atoms with van der Waals surface area (Å²) in [6, 6.07) is 15.2. The zero-order chi connectivity index (χ0) is 20.1. The minimum atomic E-state index is -0.495. The van der Waals surface area contributed by atoms with E-state index in [1.54, 1.807) is 30.1 Å². The van der Waals surface area contributed by atoms with Gasteiger partial charge in [-0.1, -0.05) is 35.4 Å². The molecule has 0 bridgehead atoms. The van der Waals surface area contributed by atoms with Crippen LogP contribution in [-0.4, -0.2) is 40.2 Å². The van der Waals surface area contributed by atoms with E-state index in [2.05, 4.69) is 5.10 Å². The molecule has 1 heterocycles. The van der Waals surface area contributed by atoms with Gasteiger partial charge in [-0.05, 0) is 38.1 Å². The van der Waals surface area contributed by atoms with Gasteiger partial charge in [-0.15, -0.1) is 0 Å². The molecule has 0 atom stereocenters. The fraction of sp³-hybridized carbons (Fsp3) is 0.227. The first kappa shape index (κ1) is 19.4. The van der Waals surface area contributed by atoms with Crippen LogP contribution in [0.15, 0.2) is 60.9 Å². The lowest BCUT2D eigenvalue weighted by Crippen LogP contribution is -2.30. The molecule has 0 fully saturated rings. The van der Waals surface area contributed by atoms with Gasteiger partial charge < -0.3 is 9.64 Å². The fourth-order valence-corrected chi connectivity index (χ4v) is 2.94. The summed E-state index contributed by atoms with van der Waals surface area (Å²) in [5.74, 6) is -0.768. The molecule has 1 aromatic heterocycles. The maximum Gasteiger partial charge on any atom is 0.338 e. The first-order chi connectivity index (χ1) is 13.4. The molecule has 28 heavy (non-hydrogen) atoms. The van der Waals surface area contributed by atoms with Gasteiger partial charge in [-0.2, -0.15) is 5.10 Å². The number of hydrogen-bond acceptors (Lipinski definition) is 4. The molecule has 0 N–H and O–H groups in total. The van der Waals surface area contributed by atoms with E-state index in [0.29, 0.717) is 12.1 Å². The first-order valence-corrected chi connectivity index (χ1v) is 9.01. The summed E-state index contributed by atoms with van der Waals surface area (Å²) in [5.41, 5.74) is 4.25. The van der Waals surface area contributed by atoms with Gasteiger partial charge in [0.15, 0.2) is 6.61 Å². The van der Waals surface area contributed by atoms with Crippen LogP contribution in [0.5, 0.6) is 0 Å². The molecule has 0 unspecified atom stereocenters. The van der Waals surface area contributed by atoms with E-state index in [9.17, 15) is 9.59 Å². The van der Waals surface area contributed by atoms with Gasteiger partial charge in [0, 0.05) is 25.4 Å². The molecular formula is C22H23N3O3. The van der Waals surface area contributed by atoms with Crippen molar-refractivity contribution >= 4 is 11.9 Å². The Morgan fingerprint density at radius 1 is 1.07 bits per heavy atom. The van der Waals surface area contributed by atoms with Crippen LogP contribution in [-0.2, 0) is 16.1 Å². The molecule has 6 nitrogen and oxygen atoms in total. The largest absolute Gasteiger partial charge is 0.452 e. The Morgan fingerprint density at radius 3 is 2.43 bits per heavy atom. The second kappa shape index (κ2) is 8.52. The summed E-state index contributed by atoms with van der Waals surface area (Å²) >= 11 is 0. The minimum Gasteiger partial charge on any atom is -0.452 e. The van der Waals surface area contributed by atoms with Gasteiger partial charge >= 0.3 is 5.97 Å².